The first-order valence-corrected chi connectivity index (χ1v) is 4.84. The number of rotatable bonds is 4. The lowest BCUT2D eigenvalue weighted by Crippen LogP contribution is -2.63. The first-order chi connectivity index (χ1) is 6.69. The van der Waals surface area contributed by atoms with Crippen LogP contribution in [0.3, 0.4) is 0 Å². The fraction of sp³-hybridized carbons (Fsp3) is 0.455. The predicted molar refractivity (Wildman–Crippen MR) is 54.9 cm³/mol. The number of quaternary nitrogens is 1. The molecular formula is C11H18NO2+. The lowest BCUT2D eigenvalue weighted by atomic mass is 10.0. The van der Waals surface area contributed by atoms with Crippen LogP contribution in [0.2, 0.25) is 0 Å². The van der Waals surface area contributed by atoms with Crippen molar-refractivity contribution in [1.82, 2.24) is 0 Å². The van der Waals surface area contributed by atoms with Gasteiger partial charge < -0.3 is 15.6 Å². The molecular weight excluding hydrogens is 178 g/mol. The van der Waals surface area contributed by atoms with Crippen LogP contribution in [-0.2, 0) is 0 Å². The summed E-state index contributed by atoms with van der Waals surface area (Å²) in [6, 6.07) is 7.49. The first-order valence-electron chi connectivity index (χ1n) is 4.84. The van der Waals surface area contributed by atoms with Crippen molar-refractivity contribution >= 4 is 0 Å². The van der Waals surface area contributed by atoms with Gasteiger partial charge in [0.2, 0.25) is 0 Å². The van der Waals surface area contributed by atoms with Crippen molar-refractivity contribution in [3.05, 3.63) is 29.8 Å². The Bertz CT molecular complexity index is 271. The lowest BCUT2D eigenvalue weighted by molar-refractivity contribution is -0.439. The molecule has 0 saturated carbocycles. The highest BCUT2D eigenvalue weighted by Gasteiger charge is 2.17. The molecule has 3 nitrogen and oxygen atoms in total. The number of aliphatic hydroxyl groups excluding tert-OH is 1. The highest BCUT2D eigenvalue weighted by atomic mass is 16.5. The summed E-state index contributed by atoms with van der Waals surface area (Å²) in [6.45, 7) is 2.02. The van der Waals surface area contributed by atoms with Crippen LogP contribution in [0.1, 0.15) is 25.0 Å². The topological polar surface area (TPSA) is 57.1 Å². The second-order valence-corrected chi connectivity index (χ2v) is 3.39. The summed E-state index contributed by atoms with van der Waals surface area (Å²) in [4.78, 5) is 0. The molecule has 14 heavy (non-hydrogen) atoms. The van der Waals surface area contributed by atoms with E-state index in [4.69, 9.17) is 4.74 Å². The van der Waals surface area contributed by atoms with E-state index in [0.29, 0.717) is 0 Å². The van der Waals surface area contributed by atoms with E-state index < -0.39 is 6.10 Å². The maximum absolute atomic E-state index is 9.85. The minimum atomic E-state index is -0.481. The van der Waals surface area contributed by atoms with Crippen molar-refractivity contribution in [2.24, 2.45) is 0 Å². The van der Waals surface area contributed by atoms with Gasteiger partial charge in [0.25, 0.3) is 0 Å². The van der Waals surface area contributed by atoms with Crippen LogP contribution in [0.4, 0.5) is 0 Å². The normalized spacial score (nSPS) is 14.9. The average Bonchev–Trinajstić information content (AvgIpc) is 2.27. The Morgan fingerprint density at radius 2 is 1.93 bits per heavy atom. The molecule has 1 rings (SSSR count). The van der Waals surface area contributed by atoms with E-state index in [9.17, 15) is 5.11 Å². The molecule has 4 N–H and O–H groups in total. The first kappa shape index (κ1) is 11.0. The van der Waals surface area contributed by atoms with Gasteiger partial charge in [-0.1, -0.05) is 19.1 Å². The Kier molecular flexibility index (Phi) is 3.92. The van der Waals surface area contributed by atoms with Crippen molar-refractivity contribution < 1.29 is 15.6 Å². The van der Waals surface area contributed by atoms with Crippen molar-refractivity contribution in [1.29, 1.82) is 0 Å². The zero-order valence-electron chi connectivity index (χ0n) is 8.73. The summed E-state index contributed by atoms with van der Waals surface area (Å²) >= 11 is 0. The maximum Gasteiger partial charge on any atom is 0.130 e. The van der Waals surface area contributed by atoms with Crippen molar-refractivity contribution in [2.75, 3.05) is 7.11 Å². The Labute approximate surface area is 84.5 Å². The molecule has 0 amide bonds. The van der Waals surface area contributed by atoms with Crippen LogP contribution >= 0.6 is 0 Å². The van der Waals surface area contributed by atoms with Gasteiger partial charge in [-0.15, -0.1) is 0 Å². The molecule has 1 aromatic carbocycles. The molecule has 0 spiro atoms. The quantitative estimate of drug-likeness (QED) is 0.746. The summed E-state index contributed by atoms with van der Waals surface area (Å²) in [5, 5.41) is 9.85. The number of aliphatic hydroxyl groups is 1. The molecule has 1 aromatic rings. The number of methoxy groups -OCH3 is 1. The van der Waals surface area contributed by atoms with E-state index in [1.807, 2.05) is 31.2 Å². The Morgan fingerprint density at radius 3 is 2.36 bits per heavy atom. The third kappa shape index (κ3) is 2.47. The molecule has 3 heteroatoms. The van der Waals surface area contributed by atoms with E-state index in [1.165, 1.54) is 0 Å². The van der Waals surface area contributed by atoms with E-state index in [2.05, 4.69) is 5.73 Å². The average molecular weight is 196 g/mol. The third-order valence-corrected chi connectivity index (χ3v) is 2.43. The molecule has 0 saturated heterocycles. The second kappa shape index (κ2) is 4.98. The highest BCUT2D eigenvalue weighted by molar-refractivity contribution is 5.28. The van der Waals surface area contributed by atoms with Crippen LogP contribution in [0.25, 0.3) is 0 Å². The predicted octanol–water partition coefficient (Wildman–Crippen LogP) is 0.749. The van der Waals surface area contributed by atoms with Gasteiger partial charge in [-0.3, -0.25) is 0 Å². The molecule has 0 aliphatic carbocycles. The standard InChI is InChI=1S/C11H17NO2/c1-3-10(12)11(13)8-4-6-9(14-2)7-5-8/h4-7,10-11,13H,3,12H2,1-2H3/p+1/t10-,11+/m0/s1. The van der Waals surface area contributed by atoms with Gasteiger partial charge in [0.15, 0.2) is 0 Å². The summed E-state index contributed by atoms with van der Waals surface area (Å²) in [5.74, 6) is 0.804. The van der Waals surface area contributed by atoms with Crippen LogP contribution in [0, 0.1) is 0 Å². The fourth-order valence-corrected chi connectivity index (χ4v) is 1.30. The number of hydrogen-bond acceptors (Lipinski definition) is 2. The van der Waals surface area contributed by atoms with E-state index in [0.717, 1.165) is 17.7 Å². The molecule has 0 aliphatic heterocycles. The lowest BCUT2D eigenvalue weighted by Gasteiger charge is -2.14. The number of ether oxygens (including phenoxy) is 1. The van der Waals surface area contributed by atoms with E-state index >= 15 is 0 Å². The monoisotopic (exact) mass is 196 g/mol. The van der Waals surface area contributed by atoms with Gasteiger partial charge in [-0.05, 0) is 24.1 Å². The van der Waals surface area contributed by atoms with Crippen molar-refractivity contribution in [3.63, 3.8) is 0 Å². The van der Waals surface area contributed by atoms with Gasteiger partial charge >= 0.3 is 0 Å². The van der Waals surface area contributed by atoms with Gasteiger partial charge in [0.05, 0.1) is 7.11 Å². The number of benzene rings is 1. The molecule has 0 heterocycles. The van der Waals surface area contributed by atoms with Crippen LogP contribution in [-0.4, -0.2) is 18.3 Å². The number of hydrogen-bond donors (Lipinski definition) is 2. The van der Waals surface area contributed by atoms with Crippen LogP contribution in [0.15, 0.2) is 24.3 Å². The smallest absolute Gasteiger partial charge is 0.130 e. The van der Waals surface area contributed by atoms with Gasteiger partial charge in [-0.2, -0.15) is 0 Å². The summed E-state index contributed by atoms with van der Waals surface area (Å²) in [6.07, 6.45) is 0.388. The summed E-state index contributed by atoms with van der Waals surface area (Å²) in [7, 11) is 1.63. The van der Waals surface area contributed by atoms with Crippen molar-refractivity contribution in [2.45, 2.75) is 25.5 Å². The zero-order valence-corrected chi connectivity index (χ0v) is 8.73. The SMILES string of the molecule is CC[C@H]([NH3+])[C@H](O)c1ccc(OC)cc1. The summed E-state index contributed by atoms with van der Waals surface area (Å²) < 4.78 is 5.04. The second-order valence-electron chi connectivity index (χ2n) is 3.39. The van der Waals surface area contributed by atoms with Crippen LogP contribution < -0.4 is 10.5 Å². The van der Waals surface area contributed by atoms with Crippen LogP contribution in [0.5, 0.6) is 5.75 Å². The molecule has 0 bridgehead atoms. The molecule has 78 valence electrons. The summed E-state index contributed by atoms with van der Waals surface area (Å²) in [5.41, 5.74) is 4.79. The minimum Gasteiger partial charge on any atom is -0.497 e. The van der Waals surface area contributed by atoms with Gasteiger partial charge in [0.1, 0.15) is 17.9 Å². The third-order valence-electron chi connectivity index (χ3n) is 2.43. The van der Waals surface area contributed by atoms with Gasteiger partial charge in [-0.25, -0.2) is 0 Å². The molecule has 0 fully saturated rings. The van der Waals surface area contributed by atoms with E-state index in [-0.39, 0.29) is 6.04 Å². The van der Waals surface area contributed by atoms with Gasteiger partial charge in [0, 0.05) is 0 Å². The Morgan fingerprint density at radius 1 is 1.36 bits per heavy atom. The minimum absolute atomic E-state index is 0.0448. The Balaban J connectivity index is 2.75. The molecule has 0 radical (unpaired) electrons. The van der Waals surface area contributed by atoms with Crippen molar-refractivity contribution in [3.8, 4) is 5.75 Å². The highest BCUT2D eigenvalue weighted by Crippen LogP contribution is 2.19. The largest absolute Gasteiger partial charge is 0.497 e. The molecule has 2 atom stereocenters. The fourth-order valence-electron chi connectivity index (χ4n) is 1.30. The van der Waals surface area contributed by atoms with E-state index in [1.54, 1.807) is 7.11 Å². The molecule has 0 unspecified atom stereocenters. The Hall–Kier alpha value is -1.06. The maximum atomic E-state index is 9.85. The molecule has 0 aromatic heterocycles. The molecule has 0 aliphatic rings. The zero-order chi connectivity index (χ0) is 10.6.